The maximum Gasteiger partial charge on any atom is 0.272 e. The van der Waals surface area contributed by atoms with Gasteiger partial charge in [-0.3, -0.25) is 9.69 Å². The van der Waals surface area contributed by atoms with E-state index < -0.39 is 0 Å². The molecule has 2 heterocycles. The zero-order chi connectivity index (χ0) is 16.4. The highest BCUT2D eigenvalue weighted by molar-refractivity contribution is 8.27. The van der Waals surface area contributed by atoms with Gasteiger partial charge in [-0.15, -0.1) is 0 Å². The fraction of sp³-hybridized carbons (Fsp3) is 0.375. The van der Waals surface area contributed by atoms with E-state index in [0.29, 0.717) is 9.23 Å². The zero-order valence-electron chi connectivity index (χ0n) is 13.2. The Labute approximate surface area is 145 Å². The fourth-order valence-corrected chi connectivity index (χ4v) is 3.83. The maximum atomic E-state index is 12.7. The van der Waals surface area contributed by atoms with E-state index in [-0.39, 0.29) is 5.91 Å². The number of anilines is 1. The summed E-state index contributed by atoms with van der Waals surface area (Å²) in [5.41, 5.74) is 0.773. The molecule has 1 aromatic rings. The lowest BCUT2D eigenvalue weighted by molar-refractivity contribution is -0.113. The molecular weight excluding hydrogens is 330 g/mol. The second kappa shape index (κ2) is 6.90. The number of benzene rings is 1. The van der Waals surface area contributed by atoms with Crippen molar-refractivity contribution in [3.8, 4) is 5.75 Å². The average molecular weight is 349 g/mol. The van der Waals surface area contributed by atoms with Gasteiger partial charge < -0.3 is 14.5 Å². The summed E-state index contributed by atoms with van der Waals surface area (Å²) in [6.45, 7) is 3.89. The van der Waals surface area contributed by atoms with E-state index in [2.05, 4.69) is 16.8 Å². The molecule has 0 aromatic heterocycles. The molecule has 0 atom stereocenters. The highest BCUT2D eigenvalue weighted by Gasteiger charge is 2.34. The van der Waals surface area contributed by atoms with Crippen molar-refractivity contribution in [1.29, 1.82) is 0 Å². The number of methoxy groups -OCH3 is 1. The molecule has 1 amide bonds. The molecule has 0 spiro atoms. The maximum absolute atomic E-state index is 12.7. The van der Waals surface area contributed by atoms with Crippen LogP contribution < -0.4 is 9.64 Å². The van der Waals surface area contributed by atoms with Crippen molar-refractivity contribution in [1.82, 2.24) is 9.80 Å². The van der Waals surface area contributed by atoms with Gasteiger partial charge in [-0.25, -0.2) is 0 Å². The average Bonchev–Trinajstić information content (AvgIpc) is 2.84. The molecule has 3 rings (SSSR count). The van der Waals surface area contributed by atoms with Crippen LogP contribution in [0.2, 0.25) is 0 Å². The quantitative estimate of drug-likeness (QED) is 0.615. The van der Waals surface area contributed by atoms with E-state index in [1.54, 1.807) is 12.0 Å². The lowest BCUT2D eigenvalue weighted by Crippen LogP contribution is -2.42. The Balaban J connectivity index is 1.76. The number of likely N-dealkylation sites (N-methyl/N-ethyl adjacent to an activating group) is 1. The molecule has 2 aliphatic rings. The normalized spacial score (nSPS) is 21.4. The number of piperazine rings is 1. The van der Waals surface area contributed by atoms with Gasteiger partial charge in [0.2, 0.25) is 0 Å². The number of thiocarbonyl (C=S) groups is 1. The van der Waals surface area contributed by atoms with Crippen molar-refractivity contribution in [2.24, 2.45) is 0 Å². The smallest absolute Gasteiger partial charge is 0.272 e. The van der Waals surface area contributed by atoms with Crippen LogP contribution in [0, 0.1) is 0 Å². The van der Waals surface area contributed by atoms with Crippen LogP contribution in [0.25, 0.3) is 0 Å². The Morgan fingerprint density at radius 2 is 1.83 bits per heavy atom. The van der Waals surface area contributed by atoms with Gasteiger partial charge in [-0.1, -0.05) is 24.0 Å². The summed E-state index contributed by atoms with van der Waals surface area (Å²) in [5.74, 6) is 0.705. The van der Waals surface area contributed by atoms with Gasteiger partial charge in [0, 0.05) is 32.4 Å². The molecule has 2 fully saturated rings. The molecule has 0 bridgehead atoms. The lowest BCUT2D eigenvalue weighted by Gasteiger charge is -2.31. The van der Waals surface area contributed by atoms with Crippen molar-refractivity contribution >= 4 is 39.9 Å². The van der Waals surface area contributed by atoms with Crippen LogP contribution >= 0.6 is 24.0 Å². The summed E-state index contributed by atoms with van der Waals surface area (Å²) in [6, 6.07) is 7.36. The van der Waals surface area contributed by atoms with Crippen molar-refractivity contribution < 1.29 is 9.53 Å². The predicted molar refractivity (Wildman–Crippen MR) is 97.8 cm³/mol. The molecule has 23 heavy (non-hydrogen) atoms. The monoisotopic (exact) mass is 349 g/mol. The molecular formula is C16H19N3O2S2. The number of nitrogens with zero attached hydrogens (tertiary/aromatic N) is 3. The zero-order valence-corrected chi connectivity index (χ0v) is 14.8. The summed E-state index contributed by atoms with van der Waals surface area (Å²) in [5, 5.41) is 0. The first-order valence-corrected chi connectivity index (χ1v) is 8.65. The minimum atomic E-state index is -0.0518. The van der Waals surface area contributed by atoms with Crippen molar-refractivity contribution in [3.63, 3.8) is 0 Å². The molecule has 2 aliphatic heterocycles. The molecule has 0 radical (unpaired) electrons. The highest BCUT2D eigenvalue weighted by atomic mass is 32.2. The van der Waals surface area contributed by atoms with Crippen molar-refractivity contribution in [2.45, 2.75) is 0 Å². The highest BCUT2D eigenvalue weighted by Crippen LogP contribution is 2.35. The topological polar surface area (TPSA) is 36.0 Å². The third-order valence-electron chi connectivity index (χ3n) is 3.96. The first-order valence-electron chi connectivity index (χ1n) is 7.43. The number of thioether (sulfide) groups is 1. The van der Waals surface area contributed by atoms with Crippen LogP contribution in [0.1, 0.15) is 0 Å². The number of ether oxygens (including phenoxy) is 1. The van der Waals surface area contributed by atoms with Crippen molar-refractivity contribution in [2.75, 3.05) is 45.2 Å². The minimum absolute atomic E-state index is 0.0518. The second-order valence-electron chi connectivity index (χ2n) is 5.54. The molecule has 1 aromatic carbocycles. The van der Waals surface area contributed by atoms with Crippen molar-refractivity contribution in [3.05, 3.63) is 35.4 Å². The largest absolute Gasteiger partial charge is 0.497 e. The SMILES string of the molecule is COc1ccc(N2C(=O)/C(=C\N3CCN(C)CC3)SC2=S)cc1. The van der Waals surface area contributed by atoms with E-state index in [4.69, 9.17) is 17.0 Å². The number of carbonyl (C=O) groups excluding carboxylic acids is 1. The number of rotatable bonds is 3. The van der Waals surface area contributed by atoms with Gasteiger partial charge in [0.05, 0.1) is 17.7 Å². The van der Waals surface area contributed by atoms with Gasteiger partial charge in [-0.05, 0) is 31.3 Å². The van der Waals surface area contributed by atoms with Gasteiger partial charge >= 0.3 is 0 Å². The van der Waals surface area contributed by atoms with Crippen LogP contribution in [0.15, 0.2) is 35.4 Å². The summed E-state index contributed by atoms with van der Waals surface area (Å²) in [7, 11) is 3.73. The summed E-state index contributed by atoms with van der Waals surface area (Å²) in [6.07, 6.45) is 1.95. The van der Waals surface area contributed by atoms with Crippen LogP contribution in [-0.2, 0) is 4.79 Å². The second-order valence-corrected chi connectivity index (χ2v) is 7.21. The van der Waals surface area contributed by atoms with E-state index >= 15 is 0 Å². The Bertz CT molecular complexity index is 637. The third-order valence-corrected chi connectivity index (χ3v) is 5.25. The first-order chi connectivity index (χ1) is 11.1. The van der Waals surface area contributed by atoms with E-state index in [1.807, 2.05) is 30.5 Å². The van der Waals surface area contributed by atoms with Gasteiger partial charge in [0.1, 0.15) is 5.75 Å². The van der Waals surface area contributed by atoms with Crippen LogP contribution in [0.5, 0.6) is 5.75 Å². The molecule has 0 aliphatic carbocycles. The molecule has 122 valence electrons. The van der Waals surface area contributed by atoms with Gasteiger partial charge in [0.15, 0.2) is 4.32 Å². The minimum Gasteiger partial charge on any atom is -0.497 e. The number of carbonyl (C=O) groups is 1. The molecule has 2 saturated heterocycles. The lowest BCUT2D eigenvalue weighted by atomic mass is 10.2. The molecule has 7 heteroatoms. The Kier molecular flexibility index (Phi) is 4.89. The standard InChI is InChI=1S/C16H19N3O2S2/c1-17-7-9-18(10-8-17)11-14-15(20)19(16(22)23-14)12-3-5-13(21-2)6-4-12/h3-6,11H,7-10H2,1-2H3/b14-11+. The van der Waals surface area contributed by atoms with Gasteiger partial charge in [0.25, 0.3) is 5.91 Å². The van der Waals surface area contributed by atoms with Crippen LogP contribution in [0.3, 0.4) is 0 Å². The van der Waals surface area contributed by atoms with E-state index in [9.17, 15) is 4.79 Å². The number of hydrogen-bond acceptors (Lipinski definition) is 6. The molecule has 0 unspecified atom stereocenters. The summed E-state index contributed by atoms with van der Waals surface area (Å²) < 4.78 is 5.72. The Hall–Kier alpha value is -1.57. The summed E-state index contributed by atoms with van der Waals surface area (Å²) in [4.78, 5) is 19.4. The number of hydrogen-bond donors (Lipinski definition) is 0. The van der Waals surface area contributed by atoms with E-state index in [1.165, 1.54) is 11.8 Å². The first kappa shape index (κ1) is 16.3. The molecule has 5 nitrogen and oxygen atoms in total. The predicted octanol–water partition coefficient (Wildman–Crippen LogP) is 2.15. The van der Waals surface area contributed by atoms with Crippen LogP contribution in [0.4, 0.5) is 5.69 Å². The van der Waals surface area contributed by atoms with E-state index in [0.717, 1.165) is 37.6 Å². The fourth-order valence-electron chi connectivity index (χ4n) is 2.53. The third kappa shape index (κ3) is 3.52. The van der Waals surface area contributed by atoms with Gasteiger partial charge in [-0.2, -0.15) is 0 Å². The van der Waals surface area contributed by atoms with Crippen LogP contribution in [-0.4, -0.2) is 60.4 Å². The Morgan fingerprint density at radius 1 is 1.17 bits per heavy atom. The number of amides is 1. The molecule has 0 N–H and O–H groups in total. The summed E-state index contributed by atoms with van der Waals surface area (Å²) >= 11 is 6.76. The Morgan fingerprint density at radius 3 is 2.43 bits per heavy atom. The molecule has 0 saturated carbocycles.